The molecule has 3 heterocycles. The van der Waals surface area contributed by atoms with Gasteiger partial charge in [0.25, 0.3) is 5.56 Å². The van der Waals surface area contributed by atoms with Crippen LogP contribution in [0.1, 0.15) is 27.4 Å². The molecule has 9 heteroatoms. The molecule has 1 aliphatic rings. The largest absolute Gasteiger partial charge is 0.486 e. The van der Waals surface area contributed by atoms with E-state index in [9.17, 15) is 14.4 Å². The highest BCUT2D eigenvalue weighted by atomic mass is 16.6. The van der Waals surface area contributed by atoms with Crippen LogP contribution in [-0.4, -0.2) is 45.8 Å². The molecule has 5 rings (SSSR count). The second kappa shape index (κ2) is 9.69. The zero-order chi connectivity index (χ0) is 25.2. The van der Waals surface area contributed by atoms with E-state index in [1.807, 2.05) is 42.7 Å². The minimum atomic E-state index is -0.603. The van der Waals surface area contributed by atoms with Crippen LogP contribution >= 0.6 is 0 Å². The number of carbonyl (C=O) groups excluding carboxylic acids is 2. The third-order valence-corrected chi connectivity index (χ3v) is 6.28. The van der Waals surface area contributed by atoms with E-state index in [0.29, 0.717) is 40.9 Å². The topological polar surface area (TPSA) is 113 Å². The fourth-order valence-electron chi connectivity index (χ4n) is 4.44. The second-order valence-electron chi connectivity index (χ2n) is 8.70. The first-order valence-corrected chi connectivity index (χ1v) is 11.6. The molecular weight excluding hydrogens is 462 g/mol. The van der Waals surface area contributed by atoms with Crippen molar-refractivity contribution in [2.24, 2.45) is 0 Å². The summed E-state index contributed by atoms with van der Waals surface area (Å²) < 4.78 is 19.1. The predicted molar refractivity (Wildman–Crippen MR) is 132 cm³/mol. The molecule has 4 aromatic rings. The molecular formula is C27H25N3O6. The SMILES string of the molecule is Cc1cc(C(=O)COC(=O)Cc2n[nH]c(=O)c3ccccc23)c(C)n1C[C@H]1COc2ccccc2O1. The van der Waals surface area contributed by atoms with Crippen LogP contribution in [0, 0.1) is 13.8 Å². The van der Waals surface area contributed by atoms with E-state index in [0.717, 1.165) is 17.1 Å². The van der Waals surface area contributed by atoms with Crippen molar-refractivity contribution in [1.82, 2.24) is 14.8 Å². The molecule has 0 saturated carbocycles. The summed E-state index contributed by atoms with van der Waals surface area (Å²) in [5, 5.41) is 7.39. The van der Waals surface area contributed by atoms with E-state index < -0.39 is 5.97 Å². The Bertz CT molecular complexity index is 1520. The number of Topliss-reactive ketones (excluding diaryl/α,β-unsaturated/α-hetero) is 1. The number of aromatic amines is 1. The zero-order valence-electron chi connectivity index (χ0n) is 19.9. The number of para-hydroxylation sites is 2. The maximum atomic E-state index is 12.9. The lowest BCUT2D eigenvalue weighted by atomic mass is 10.1. The molecule has 1 atom stereocenters. The van der Waals surface area contributed by atoms with E-state index in [2.05, 4.69) is 10.2 Å². The van der Waals surface area contributed by atoms with Crippen molar-refractivity contribution in [3.63, 3.8) is 0 Å². The average Bonchev–Trinajstić information content (AvgIpc) is 3.17. The fourth-order valence-corrected chi connectivity index (χ4v) is 4.44. The Morgan fingerprint density at radius 2 is 1.81 bits per heavy atom. The number of fused-ring (bicyclic) bond motifs is 2. The summed E-state index contributed by atoms with van der Waals surface area (Å²) in [6, 6.07) is 16.2. The highest BCUT2D eigenvalue weighted by molar-refractivity contribution is 5.99. The van der Waals surface area contributed by atoms with Crippen LogP contribution in [-0.2, 0) is 22.5 Å². The number of ketones is 1. The van der Waals surface area contributed by atoms with E-state index in [4.69, 9.17) is 14.2 Å². The molecule has 9 nitrogen and oxygen atoms in total. The van der Waals surface area contributed by atoms with Gasteiger partial charge in [-0.15, -0.1) is 0 Å². The minimum Gasteiger partial charge on any atom is -0.486 e. The summed E-state index contributed by atoms with van der Waals surface area (Å²) in [6.45, 7) is 4.31. The number of benzene rings is 2. The normalized spacial score (nSPS) is 14.6. The van der Waals surface area contributed by atoms with Crippen LogP contribution in [0.2, 0.25) is 0 Å². The van der Waals surface area contributed by atoms with Crippen molar-refractivity contribution in [2.45, 2.75) is 32.9 Å². The number of rotatable bonds is 7. The van der Waals surface area contributed by atoms with Gasteiger partial charge in [0.1, 0.15) is 6.61 Å². The zero-order valence-corrected chi connectivity index (χ0v) is 19.9. The smallest absolute Gasteiger partial charge is 0.312 e. The minimum absolute atomic E-state index is 0.163. The number of nitrogens with zero attached hydrogens (tertiary/aromatic N) is 2. The Morgan fingerprint density at radius 1 is 1.08 bits per heavy atom. The van der Waals surface area contributed by atoms with Crippen molar-refractivity contribution in [1.29, 1.82) is 0 Å². The quantitative estimate of drug-likeness (QED) is 0.315. The third kappa shape index (κ3) is 4.59. The van der Waals surface area contributed by atoms with Gasteiger partial charge in [-0.25, -0.2) is 5.10 Å². The standard InChI is InChI=1S/C27H25N3O6/c1-16-11-21(17(2)30(16)13-18-14-34-24-9-5-6-10-25(24)36-18)23(31)15-35-26(32)12-22-19-7-3-4-8-20(19)27(33)29-28-22/h3-11,18H,12-15H2,1-2H3,(H,29,33)/t18-/m0/s1. The van der Waals surface area contributed by atoms with Crippen molar-refractivity contribution in [3.8, 4) is 11.5 Å². The Kier molecular flexibility index (Phi) is 6.28. The van der Waals surface area contributed by atoms with Crippen molar-refractivity contribution in [3.05, 3.63) is 87.6 Å². The third-order valence-electron chi connectivity index (χ3n) is 6.28. The van der Waals surface area contributed by atoms with E-state index in [-0.39, 0.29) is 30.5 Å². The average molecular weight is 488 g/mol. The number of aromatic nitrogens is 3. The van der Waals surface area contributed by atoms with Crippen molar-refractivity contribution in [2.75, 3.05) is 13.2 Å². The molecule has 0 unspecified atom stereocenters. The summed E-state index contributed by atoms with van der Waals surface area (Å²) in [6.07, 6.45) is -0.366. The molecule has 1 aliphatic heterocycles. The molecule has 2 aromatic carbocycles. The van der Waals surface area contributed by atoms with Crippen LogP contribution in [0.3, 0.4) is 0 Å². The predicted octanol–water partition coefficient (Wildman–Crippen LogP) is 3.15. The van der Waals surface area contributed by atoms with Gasteiger partial charge in [0.2, 0.25) is 5.78 Å². The van der Waals surface area contributed by atoms with Gasteiger partial charge in [0, 0.05) is 22.3 Å². The van der Waals surface area contributed by atoms with Gasteiger partial charge in [-0.2, -0.15) is 5.10 Å². The van der Waals surface area contributed by atoms with Gasteiger partial charge in [-0.3, -0.25) is 14.4 Å². The van der Waals surface area contributed by atoms with Crippen LogP contribution in [0.25, 0.3) is 10.8 Å². The molecule has 0 aliphatic carbocycles. The molecule has 0 saturated heterocycles. The van der Waals surface area contributed by atoms with E-state index in [1.165, 1.54) is 0 Å². The summed E-state index contributed by atoms with van der Waals surface area (Å²) in [5.41, 5.74) is 2.21. The lowest BCUT2D eigenvalue weighted by molar-refractivity contribution is -0.141. The number of esters is 1. The fraction of sp³-hybridized carbons (Fsp3) is 0.259. The van der Waals surface area contributed by atoms with Gasteiger partial charge < -0.3 is 18.8 Å². The molecule has 36 heavy (non-hydrogen) atoms. The molecule has 0 fully saturated rings. The first-order chi connectivity index (χ1) is 17.4. The molecule has 184 valence electrons. The number of hydrogen-bond donors (Lipinski definition) is 1. The maximum Gasteiger partial charge on any atom is 0.312 e. The van der Waals surface area contributed by atoms with Gasteiger partial charge in [-0.1, -0.05) is 30.3 Å². The Labute approximate surface area is 206 Å². The van der Waals surface area contributed by atoms with Gasteiger partial charge in [0.05, 0.1) is 24.0 Å². The molecule has 0 spiro atoms. The molecule has 0 bridgehead atoms. The number of H-pyrrole nitrogens is 1. The van der Waals surface area contributed by atoms with Crippen LogP contribution < -0.4 is 15.0 Å². The summed E-state index contributed by atoms with van der Waals surface area (Å²) >= 11 is 0. The van der Waals surface area contributed by atoms with Crippen LogP contribution in [0.5, 0.6) is 11.5 Å². The Balaban J connectivity index is 1.23. The van der Waals surface area contributed by atoms with Crippen LogP contribution in [0.4, 0.5) is 0 Å². The van der Waals surface area contributed by atoms with Crippen LogP contribution in [0.15, 0.2) is 59.4 Å². The van der Waals surface area contributed by atoms with Crippen molar-refractivity contribution < 1.29 is 23.8 Å². The summed E-state index contributed by atoms with van der Waals surface area (Å²) in [4.78, 5) is 37.3. The number of ether oxygens (including phenoxy) is 3. The highest BCUT2D eigenvalue weighted by Gasteiger charge is 2.24. The Morgan fingerprint density at radius 3 is 2.61 bits per heavy atom. The number of nitrogens with one attached hydrogen (secondary N) is 1. The summed E-state index contributed by atoms with van der Waals surface area (Å²) in [5.74, 6) is 0.517. The monoisotopic (exact) mass is 487 g/mol. The van der Waals surface area contributed by atoms with Crippen molar-refractivity contribution >= 4 is 22.5 Å². The van der Waals surface area contributed by atoms with E-state index >= 15 is 0 Å². The lowest BCUT2D eigenvalue weighted by Gasteiger charge is -2.27. The maximum absolute atomic E-state index is 12.9. The van der Waals surface area contributed by atoms with Gasteiger partial charge in [0.15, 0.2) is 24.2 Å². The molecule has 2 aromatic heterocycles. The first-order valence-electron chi connectivity index (χ1n) is 11.6. The molecule has 0 radical (unpaired) electrons. The number of aryl methyl sites for hydroxylation is 1. The second-order valence-corrected chi connectivity index (χ2v) is 8.70. The lowest BCUT2D eigenvalue weighted by Crippen LogP contribution is -2.33. The first kappa shape index (κ1) is 23.3. The van der Waals surface area contributed by atoms with Gasteiger partial charge >= 0.3 is 5.97 Å². The van der Waals surface area contributed by atoms with E-state index in [1.54, 1.807) is 30.3 Å². The molecule has 1 N–H and O–H groups in total. The summed E-state index contributed by atoms with van der Waals surface area (Å²) in [7, 11) is 0. The number of hydrogen-bond acceptors (Lipinski definition) is 7. The highest BCUT2D eigenvalue weighted by Crippen LogP contribution is 2.31. The molecule has 0 amide bonds. The van der Waals surface area contributed by atoms with Gasteiger partial charge in [-0.05, 0) is 38.1 Å². The Hall–Kier alpha value is -4.40. The number of carbonyl (C=O) groups is 2.